The van der Waals surface area contributed by atoms with Gasteiger partial charge in [-0.05, 0) is 53.4 Å². The average molecular weight is 228 g/mol. The van der Waals surface area contributed by atoms with Crippen LogP contribution < -0.4 is 5.32 Å². The maximum absolute atomic E-state index is 12.0. The Kier molecular flexibility index (Phi) is 6.84. The lowest BCUT2D eigenvalue weighted by molar-refractivity contribution is -0.124. The van der Waals surface area contributed by atoms with Crippen molar-refractivity contribution >= 4 is 5.78 Å². The van der Waals surface area contributed by atoms with Crippen molar-refractivity contribution in [3.05, 3.63) is 0 Å². The number of hydrogen-bond donors (Lipinski definition) is 1. The van der Waals surface area contributed by atoms with Crippen molar-refractivity contribution in [2.75, 3.05) is 27.2 Å². The molecule has 0 saturated heterocycles. The van der Waals surface area contributed by atoms with Crippen molar-refractivity contribution in [2.45, 2.75) is 46.1 Å². The van der Waals surface area contributed by atoms with Gasteiger partial charge in [-0.1, -0.05) is 13.8 Å². The summed E-state index contributed by atoms with van der Waals surface area (Å²) in [6.07, 6.45) is 1.61. The lowest BCUT2D eigenvalue weighted by Gasteiger charge is -2.26. The number of Topliss-reactive ketones (excluding diaryl/α,β-unsaturated/α-hetero) is 1. The number of rotatable bonds is 8. The van der Waals surface area contributed by atoms with Crippen molar-refractivity contribution in [1.29, 1.82) is 0 Å². The van der Waals surface area contributed by atoms with E-state index in [2.05, 4.69) is 24.1 Å². The molecule has 0 fully saturated rings. The molecule has 0 aromatic heterocycles. The Morgan fingerprint density at radius 2 is 1.88 bits per heavy atom. The third-order valence-electron chi connectivity index (χ3n) is 2.66. The quantitative estimate of drug-likeness (QED) is 0.689. The van der Waals surface area contributed by atoms with Gasteiger partial charge in [0.2, 0.25) is 0 Å². The summed E-state index contributed by atoms with van der Waals surface area (Å²) >= 11 is 0. The van der Waals surface area contributed by atoms with Gasteiger partial charge in [0.25, 0.3) is 0 Å². The summed E-state index contributed by atoms with van der Waals surface area (Å²) in [5.74, 6) is 0.892. The first kappa shape index (κ1) is 15.6. The molecular formula is C13H28N2O. The van der Waals surface area contributed by atoms with Gasteiger partial charge >= 0.3 is 0 Å². The molecule has 0 aliphatic heterocycles. The Balaban J connectivity index is 3.94. The highest BCUT2D eigenvalue weighted by atomic mass is 16.1. The Labute approximate surface area is 101 Å². The number of carbonyl (C=O) groups excluding carboxylic acids is 1. The molecule has 0 aliphatic rings. The van der Waals surface area contributed by atoms with E-state index in [1.54, 1.807) is 0 Å². The minimum Gasteiger partial charge on any atom is -0.309 e. The van der Waals surface area contributed by atoms with E-state index in [-0.39, 0.29) is 5.54 Å². The second-order valence-corrected chi connectivity index (χ2v) is 5.73. The van der Waals surface area contributed by atoms with Crippen molar-refractivity contribution in [3.8, 4) is 0 Å². The standard InChI is InChI=1S/C13H28N2O/c1-11(2)10-14-13(3,4)12(16)8-7-9-15(5)6/h11,14H,7-10H2,1-6H3. The van der Waals surface area contributed by atoms with E-state index in [9.17, 15) is 4.79 Å². The maximum atomic E-state index is 12.0. The van der Waals surface area contributed by atoms with Gasteiger partial charge in [-0.3, -0.25) is 4.79 Å². The zero-order chi connectivity index (χ0) is 12.8. The average Bonchev–Trinajstić information content (AvgIpc) is 2.14. The predicted molar refractivity (Wildman–Crippen MR) is 69.7 cm³/mol. The topological polar surface area (TPSA) is 32.3 Å². The Hall–Kier alpha value is -0.410. The SMILES string of the molecule is CC(C)CNC(C)(C)C(=O)CCCN(C)C. The molecule has 0 amide bonds. The molecule has 0 radical (unpaired) electrons. The minimum absolute atomic E-state index is 0.315. The number of hydrogen-bond acceptors (Lipinski definition) is 3. The van der Waals surface area contributed by atoms with E-state index in [1.165, 1.54) is 0 Å². The smallest absolute Gasteiger partial charge is 0.152 e. The first-order chi connectivity index (χ1) is 7.25. The van der Waals surface area contributed by atoms with Crippen LogP contribution in [-0.2, 0) is 4.79 Å². The van der Waals surface area contributed by atoms with Crippen LogP contribution in [-0.4, -0.2) is 43.4 Å². The fourth-order valence-corrected chi connectivity index (χ4v) is 1.43. The molecule has 0 bridgehead atoms. The highest BCUT2D eigenvalue weighted by Crippen LogP contribution is 2.09. The minimum atomic E-state index is -0.378. The molecule has 0 atom stereocenters. The van der Waals surface area contributed by atoms with Crippen molar-refractivity contribution < 1.29 is 4.79 Å². The van der Waals surface area contributed by atoms with Crippen LogP contribution in [0.4, 0.5) is 0 Å². The highest BCUT2D eigenvalue weighted by Gasteiger charge is 2.25. The Morgan fingerprint density at radius 1 is 1.31 bits per heavy atom. The second kappa shape index (κ2) is 7.02. The van der Waals surface area contributed by atoms with Crippen LogP contribution in [0.15, 0.2) is 0 Å². The summed E-state index contributed by atoms with van der Waals surface area (Å²) in [4.78, 5) is 14.1. The summed E-state index contributed by atoms with van der Waals surface area (Å²) in [7, 11) is 4.07. The predicted octanol–water partition coefficient (Wildman–Crippen LogP) is 1.92. The lowest BCUT2D eigenvalue weighted by Crippen LogP contribution is -2.48. The van der Waals surface area contributed by atoms with Gasteiger partial charge in [0, 0.05) is 6.42 Å². The summed E-state index contributed by atoms with van der Waals surface area (Å²) in [5.41, 5.74) is -0.378. The molecule has 0 heterocycles. The van der Waals surface area contributed by atoms with Crippen LogP contribution in [0, 0.1) is 5.92 Å². The van der Waals surface area contributed by atoms with E-state index in [0.717, 1.165) is 19.5 Å². The molecule has 0 aromatic rings. The van der Waals surface area contributed by atoms with Crippen LogP contribution in [0.5, 0.6) is 0 Å². The molecule has 1 N–H and O–H groups in total. The molecule has 0 spiro atoms. The fourth-order valence-electron chi connectivity index (χ4n) is 1.43. The van der Waals surface area contributed by atoms with Crippen molar-refractivity contribution in [1.82, 2.24) is 10.2 Å². The summed E-state index contributed by atoms with van der Waals surface area (Å²) in [5, 5.41) is 3.33. The molecule has 0 aromatic carbocycles. The summed E-state index contributed by atoms with van der Waals surface area (Å²) in [6.45, 7) is 10.1. The largest absolute Gasteiger partial charge is 0.309 e. The van der Waals surface area contributed by atoms with Crippen LogP contribution in [0.3, 0.4) is 0 Å². The first-order valence-electron chi connectivity index (χ1n) is 6.18. The van der Waals surface area contributed by atoms with E-state index in [1.807, 2.05) is 27.9 Å². The van der Waals surface area contributed by atoms with E-state index in [0.29, 0.717) is 18.1 Å². The molecule has 0 rings (SSSR count). The molecule has 0 aliphatic carbocycles. The van der Waals surface area contributed by atoms with Crippen LogP contribution >= 0.6 is 0 Å². The Morgan fingerprint density at radius 3 is 2.31 bits per heavy atom. The highest BCUT2D eigenvalue weighted by molar-refractivity contribution is 5.87. The number of carbonyl (C=O) groups is 1. The molecule has 0 saturated carbocycles. The summed E-state index contributed by atoms with van der Waals surface area (Å²) in [6, 6.07) is 0. The third-order valence-corrected chi connectivity index (χ3v) is 2.66. The van der Waals surface area contributed by atoms with Gasteiger partial charge in [0.05, 0.1) is 5.54 Å². The molecule has 96 valence electrons. The van der Waals surface area contributed by atoms with E-state index < -0.39 is 0 Å². The molecule has 3 nitrogen and oxygen atoms in total. The van der Waals surface area contributed by atoms with Gasteiger partial charge in [-0.2, -0.15) is 0 Å². The van der Waals surface area contributed by atoms with E-state index >= 15 is 0 Å². The first-order valence-corrected chi connectivity index (χ1v) is 6.18. The van der Waals surface area contributed by atoms with Crippen LogP contribution in [0.1, 0.15) is 40.5 Å². The van der Waals surface area contributed by atoms with Gasteiger partial charge in [-0.25, -0.2) is 0 Å². The van der Waals surface area contributed by atoms with Crippen molar-refractivity contribution in [2.24, 2.45) is 5.92 Å². The number of nitrogens with zero attached hydrogens (tertiary/aromatic N) is 1. The number of nitrogens with one attached hydrogen (secondary N) is 1. The van der Waals surface area contributed by atoms with Gasteiger partial charge < -0.3 is 10.2 Å². The monoisotopic (exact) mass is 228 g/mol. The van der Waals surface area contributed by atoms with Crippen LogP contribution in [0.2, 0.25) is 0 Å². The zero-order valence-corrected chi connectivity index (χ0v) is 11.8. The van der Waals surface area contributed by atoms with Gasteiger partial charge in [0.15, 0.2) is 5.78 Å². The molecule has 3 heteroatoms. The molecule has 16 heavy (non-hydrogen) atoms. The second-order valence-electron chi connectivity index (χ2n) is 5.73. The van der Waals surface area contributed by atoms with Gasteiger partial charge in [0.1, 0.15) is 0 Å². The third kappa shape index (κ3) is 6.96. The van der Waals surface area contributed by atoms with E-state index in [4.69, 9.17) is 0 Å². The van der Waals surface area contributed by atoms with Gasteiger partial charge in [-0.15, -0.1) is 0 Å². The normalized spacial score (nSPS) is 12.5. The Bertz CT molecular complexity index is 210. The fraction of sp³-hybridized carbons (Fsp3) is 0.923. The molecule has 0 unspecified atom stereocenters. The summed E-state index contributed by atoms with van der Waals surface area (Å²) < 4.78 is 0. The number of ketones is 1. The lowest BCUT2D eigenvalue weighted by atomic mass is 9.94. The van der Waals surface area contributed by atoms with Crippen LogP contribution in [0.25, 0.3) is 0 Å². The van der Waals surface area contributed by atoms with Crippen molar-refractivity contribution in [3.63, 3.8) is 0 Å². The maximum Gasteiger partial charge on any atom is 0.152 e. The zero-order valence-electron chi connectivity index (χ0n) is 11.8. The molecular weight excluding hydrogens is 200 g/mol.